The van der Waals surface area contributed by atoms with E-state index in [4.69, 9.17) is 5.73 Å². The Morgan fingerprint density at radius 1 is 1.90 bits per heavy atom. The van der Waals surface area contributed by atoms with Crippen LogP contribution in [0.3, 0.4) is 0 Å². The number of aromatic nitrogens is 1. The highest BCUT2D eigenvalue weighted by atomic mass is 16.5. The van der Waals surface area contributed by atoms with Crippen molar-refractivity contribution in [2.45, 2.75) is 0 Å². The minimum absolute atomic E-state index is 0.0139. The fraction of sp³-hybridized carbons (Fsp3) is 0.200. The first kappa shape index (κ1) is 6.60. The zero-order chi connectivity index (χ0) is 7.56. The molecule has 0 aliphatic heterocycles. The van der Waals surface area contributed by atoms with Crippen molar-refractivity contribution in [3.8, 4) is 0 Å². The van der Waals surface area contributed by atoms with Crippen LogP contribution >= 0.6 is 0 Å². The van der Waals surface area contributed by atoms with E-state index < -0.39 is 5.97 Å². The molecule has 0 aliphatic carbocycles. The lowest BCUT2D eigenvalue weighted by atomic mass is 10.5. The quantitative estimate of drug-likeness (QED) is 0.560. The van der Waals surface area contributed by atoms with Crippen LogP contribution in [0.1, 0.15) is 10.6 Å². The summed E-state index contributed by atoms with van der Waals surface area (Å²) in [6, 6.07) is -0.0413. The van der Waals surface area contributed by atoms with Crippen LogP contribution in [0.15, 0.2) is 10.6 Å². The van der Waals surface area contributed by atoms with Gasteiger partial charge in [0.25, 0.3) is 6.01 Å². The van der Waals surface area contributed by atoms with Crippen molar-refractivity contribution in [3.63, 3.8) is 0 Å². The first-order valence-electron chi connectivity index (χ1n) is 2.53. The number of rotatable bonds is 1. The molecule has 0 radical (unpaired) electrons. The van der Waals surface area contributed by atoms with Gasteiger partial charge in [-0.2, -0.15) is 0 Å². The summed E-state index contributed by atoms with van der Waals surface area (Å²) in [6.45, 7) is 0. The number of anilines is 1. The molecule has 5 heteroatoms. The molecule has 54 valence electrons. The van der Waals surface area contributed by atoms with E-state index in [9.17, 15) is 4.79 Å². The van der Waals surface area contributed by atoms with E-state index in [0.29, 0.717) is 0 Å². The van der Waals surface area contributed by atoms with Gasteiger partial charge in [0.05, 0.1) is 13.3 Å². The van der Waals surface area contributed by atoms with Crippen molar-refractivity contribution in [3.05, 3.63) is 12.0 Å². The van der Waals surface area contributed by atoms with Crippen LogP contribution in [0.2, 0.25) is 0 Å². The summed E-state index contributed by atoms with van der Waals surface area (Å²) in [5.74, 6) is -0.566. The lowest BCUT2D eigenvalue weighted by Gasteiger charge is -1.89. The lowest BCUT2D eigenvalue weighted by molar-refractivity contribution is 0.0566. The summed E-state index contributed by atoms with van der Waals surface area (Å²) in [6.07, 6.45) is 1.21. The first-order valence-corrected chi connectivity index (χ1v) is 2.53. The number of oxazole rings is 1. The van der Waals surface area contributed by atoms with Crippen LogP contribution in [0.5, 0.6) is 0 Å². The van der Waals surface area contributed by atoms with Crippen molar-refractivity contribution >= 4 is 12.0 Å². The van der Waals surface area contributed by atoms with Gasteiger partial charge in [0, 0.05) is 0 Å². The number of carbonyl (C=O) groups is 1. The topological polar surface area (TPSA) is 78.3 Å². The second-order valence-corrected chi connectivity index (χ2v) is 1.55. The highest BCUT2D eigenvalue weighted by Gasteiger charge is 2.09. The molecule has 0 fully saturated rings. The van der Waals surface area contributed by atoms with Crippen LogP contribution < -0.4 is 5.73 Å². The maximum atomic E-state index is 10.6. The monoisotopic (exact) mass is 142 g/mol. The van der Waals surface area contributed by atoms with Crippen molar-refractivity contribution in [1.82, 2.24) is 4.98 Å². The minimum Gasteiger partial charge on any atom is -0.463 e. The fourth-order valence-electron chi connectivity index (χ4n) is 0.483. The molecule has 0 saturated heterocycles. The standard InChI is InChI=1S/C5H6N2O3/c1-9-4(8)3-2-7-5(6)10-3/h2H,1H3,(H2,6,7). The van der Waals surface area contributed by atoms with E-state index >= 15 is 0 Å². The Hall–Kier alpha value is -1.52. The number of carbonyl (C=O) groups excluding carboxylic acids is 1. The van der Waals surface area contributed by atoms with E-state index in [-0.39, 0.29) is 11.8 Å². The van der Waals surface area contributed by atoms with E-state index in [2.05, 4.69) is 14.1 Å². The third-order valence-electron chi connectivity index (χ3n) is 0.910. The second-order valence-electron chi connectivity index (χ2n) is 1.55. The summed E-state index contributed by atoms with van der Waals surface area (Å²) in [5.41, 5.74) is 5.09. The molecule has 0 unspecified atom stereocenters. The molecule has 1 rings (SSSR count). The molecule has 10 heavy (non-hydrogen) atoms. The first-order chi connectivity index (χ1) is 4.74. The van der Waals surface area contributed by atoms with Gasteiger partial charge < -0.3 is 14.9 Å². The molecule has 5 nitrogen and oxygen atoms in total. The molecule has 2 N–H and O–H groups in total. The van der Waals surface area contributed by atoms with Gasteiger partial charge in [-0.25, -0.2) is 9.78 Å². The van der Waals surface area contributed by atoms with Gasteiger partial charge in [-0.1, -0.05) is 0 Å². The van der Waals surface area contributed by atoms with Gasteiger partial charge in [-0.3, -0.25) is 0 Å². The van der Waals surface area contributed by atoms with Crippen LogP contribution in [-0.2, 0) is 4.74 Å². The zero-order valence-electron chi connectivity index (χ0n) is 5.33. The molecule has 0 saturated carbocycles. The third-order valence-corrected chi connectivity index (χ3v) is 0.910. The smallest absolute Gasteiger partial charge is 0.375 e. The number of hydrogen-bond donors (Lipinski definition) is 1. The summed E-state index contributed by atoms with van der Waals surface area (Å²) in [5, 5.41) is 0. The fourth-order valence-corrected chi connectivity index (χ4v) is 0.483. The maximum Gasteiger partial charge on any atom is 0.375 e. The SMILES string of the molecule is COC(=O)c1cnc(N)o1. The van der Waals surface area contributed by atoms with Crippen LogP contribution in [0.4, 0.5) is 6.01 Å². The number of esters is 1. The predicted molar refractivity (Wildman–Crippen MR) is 32.3 cm³/mol. The molecule has 0 aromatic carbocycles. The van der Waals surface area contributed by atoms with Crippen LogP contribution in [0.25, 0.3) is 0 Å². The Balaban J connectivity index is 2.85. The van der Waals surface area contributed by atoms with Crippen molar-refractivity contribution in [2.24, 2.45) is 0 Å². The molecular formula is C5H6N2O3. The summed E-state index contributed by atoms with van der Waals surface area (Å²) >= 11 is 0. The van der Waals surface area contributed by atoms with Crippen molar-refractivity contribution in [1.29, 1.82) is 0 Å². The van der Waals surface area contributed by atoms with Crippen molar-refractivity contribution < 1.29 is 13.9 Å². The molecule has 0 bridgehead atoms. The summed E-state index contributed by atoms with van der Waals surface area (Å²) in [4.78, 5) is 14.1. The summed E-state index contributed by atoms with van der Waals surface area (Å²) < 4.78 is 8.95. The third kappa shape index (κ3) is 1.07. The number of nitrogen functional groups attached to an aromatic ring is 1. The highest BCUT2D eigenvalue weighted by molar-refractivity contribution is 5.85. The van der Waals surface area contributed by atoms with Gasteiger partial charge in [0.15, 0.2) is 0 Å². The van der Waals surface area contributed by atoms with Crippen LogP contribution in [-0.4, -0.2) is 18.1 Å². The minimum atomic E-state index is -0.579. The van der Waals surface area contributed by atoms with Gasteiger partial charge >= 0.3 is 5.97 Å². The zero-order valence-corrected chi connectivity index (χ0v) is 5.33. The largest absolute Gasteiger partial charge is 0.463 e. The molecule has 1 aromatic rings. The van der Waals surface area contributed by atoms with Crippen LogP contribution in [0, 0.1) is 0 Å². The average molecular weight is 142 g/mol. The molecule has 1 aromatic heterocycles. The normalized spacial score (nSPS) is 9.30. The van der Waals surface area contributed by atoms with Gasteiger partial charge in [0.2, 0.25) is 5.76 Å². The van der Waals surface area contributed by atoms with E-state index in [0.717, 1.165) is 0 Å². The molecule has 0 spiro atoms. The van der Waals surface area contributed by atoms with E-state index in [1.807, 2.05) is 0 Å². The lowest BCUT2D eigenvalue weighted by Crippen LogP contribution is -1.98. The van der Waals surface area contributed by atoms with E-state index in [1.165, 1.54) is 13.3 Å². The number of nitrogens with zero attached hydrogens (tertiary/aromatic N) is 1. The molecule has 0 amide bonds. The van der Waals surface area contributed by atoms with Crippen molar-refractivity contribution in [2.75, 3.05) is 12.8 Å². The number of methoxy groups -OCH3 is 1. The number of ether oxygens (including phenoxy) is 1. The average Bonchev–Trinajstić information content (AvgIpc) is 2.34. The maximum absolute atomic E-state index is 10.6. The predicted octanol–water partition coefficient (Wildman–Crippen LogP) is 0.0434. The van der Waals surface area contributed by atoms with E-state index in [1.54, 1.807) is 0 Å². The van der Waals surface area contributed by atoms with Gasteiger partial charge in [-0.05, 0) is 0 Å². The summed E-state index contributed by atoms with van der Waals surface area (Å²) in [7, 11) is 1.25. The number of hydrogen-bond acceptors (Lipinski definition) is 5. The molecular weight excluding hydrogens is 136 g/mol. The Bertz CT molecular complexity index is 243. The highest BCUT2D eigenvalue weighted by Crippen LogP contribution is 2.04. The van der Waals surface area contributed by atoms with Gasteiger partial charge in [0.1, 0.15) is 0 Å². The molecule has 0 aliphatic rings. The Morgan fingerprint density at radius 2 is 2.60 bits per heavy atom. The number of nitrogens with two attached hydrogens (primary N) is 1. The molecule has 1 heterocycles. The Morgan fingerprint density at radius 3 is 3.00 bits per heavy atom. The Kier molecular flexibility index (Phi) is 1.57. The second kappa shape index (κ2) is 2.38. The Labute approximate surface area is 56.8 Å². The van der Waals surface area contributed by atoms with Gasteiger partial charge in [-0.15, -0.1) is 0 Å². The molecule has 0 atom stereocenters.